The Hall–Kier alpha value is -2.74. The predicted octanol–water partition coefficient (Wildman–Crippen LogP) is 4.57. The van der Waals surface area contributed by atoms with Gasteiger partial charge in [-0.15, -0.1) is 13.2 Å². The van der Waals surface area contributed by atoms with E-state index in [0.717, 1.165) is 18.2 Å². The molecule has 2 aromatic rings. The molecular formula is C18H17F3O5. The zero-order valence-electron chi connectivity index (χ0n) is 14.1. The van der Waals surface area contributed by atoms with E-state index in [1.165, 1.54) is 6.92 Å². The molecule has 140 valence electrons. The summed E-state index contributed by atoms with van der Waals surface area (Å²) in [6, 6.07) is 11.5. The maximum absolute atomic E-state index is 12.6. The molecule has 0 saturated carbocycles. The van der Waals surface area contributed by atoms with Gasteiger partial charge in [0.1, 0.15) is 5.75 Å². The van der Waals surface area contributed by atoms with E-state index in [-0.39, 0.29) is 11.3 Å². The molecule has 0 aliphatic heterocycles. The first kappa shape index (κ1) is 19.6. The van der Waals surface area contributed by atoms with Gasteiger partial charge < -0.3 is 18.9 Å². The first-order valence-corrected chi connectivity index (χ1v) is 7.73. The van der Waals surface area contributed by atoms with Crippen LogP contribution in [0.2, 0.25) is 0 Å². The first-order chi connectivity index (χ1) is 12.3. The lowest BCUT2D eigenvalue weighted by molar-refractivity contribution is -0.275. The molecule has 2 rings (SSSR count). The second-order valence-corrected chi connectivity index (χ2v) is 5.05. The number of halogens is 3. The standard InChI is InChI=1S/C18H17F3O5/c1-3-23-12(2)24-16-11-13(9-10-15(16)26-18(19,20)21)17(22)25-14-7-5-4-6-8-14/h4-12H,3H2,1-2H3. The molecule has 1 unspecified atom stereocenters. The van der Waals surface area contributed by atoms with Crippen molar-refractivity contribution in [3.63, 3.8) is 0 Å². The van der Waals surface area contributed by atoms with Crippen molar-refractivity contribution in [1.29, 1.82) is 0 Å². The molecule has 5 nitrogen and oxygen atoms in total. The van der Waals surface area contributed by atoms with Crippen molar-refractivity contribution in [3.8, 4) is 17.2 Å². The Bertz CT molecular complexity index is 731. The number of benzene rings is 2. The van der Waals surface area contributed by atoms with E-state index < -0.39 is 24.4 Å². The third-order valence-electron chi connectivity index (χ3n) is 3.05. The summed E-state index contributed by atoms with van der Waals surface area (Å²) in [6.07, 6.45) is -5.74. The summed E-state index contributed by atoms with van der Waals surface area (Å²) in [5.41, 5.74) is 0.00192. The zero-order chi connectivity index (χ0) is 19.2. The van der Waals surface area contributed by atoms with Crippen molar-refractivity contribution >= 4 is 5.97 Å². The molecule has 0 radical (unpaired) electrons. The van der Waals surface area contributed by atoms with E-state index in [1.807, 2.05) is 0 Å². The molecule has 1 atom stereocenters. The van der Waals surface area contributed by atoms with Gasteiger partial charge in [-0.1, -0.05) is 18.2 Å². The Labute approximate surface area is 148 Å². The molecule has 0 bridgehead atoms. The van der Waals surface area contributed by atoms with Gasteiger partial charge >= 0.3 is 12.3 Å². The van der Waals surface area contributed by atoms with Crippen LogP contribution in [0.4, 0.5) is 13.2 Å². The molecule has 0 fully saturated rings. The lowest BCUT2D eigenvalue weighted by atomic mass is 10.2. The van der Waals surface area contributed by atoms with Gasteiger partial charge in [-0.05, 0) is 44.2 Å². The van der Waals surface area contributed by atoms with E-state index in [4.69, 9.17) is 14.2 Å². The highest BCUT2D eigenvalue weighted by Gasteiger charge is 2.33. The minimum atomic E-state index is -4.90. The Morgan fingerprint density at radius 1 is 1.08 bits per heavy atom. The molecule has 0 heterocycles. The number of hydrogen-bond donors (Lipinski definition) is 0. The van der Waals surface area contributed by atoms with Crippen LogP contribution < -0.4 is 14.2 Å². The van der Waals surface area contributed by atoms with Crippen LogP contribution in [0.5, 0.6) is 17.2 Å². The van der Waals surface area contributed by atoms with E-state index in [2.05, 4.69) is 4.74 Å². The molecular weight excluding hydrogens is 353 g/mol. The highest BCUT2D eigenvalue weighted by molar-refractivity contribution is 5.91. The molecule has 0 aliphatic carbocycles. The SMILES string of the molecule is CCOC(C)Oc1cc(C(=O)Oc2ccccc2)ccc1OC(F)(F)F. The Balaban J connectivity index is 2.25. The summed E-state index contributed by atoms with van der Waals surface area (Å²) in [5.74, 6) is -1.31. The quantitative estimate of drug-likeness (QED) is 0.406. The highest BCUT2D eigenvalue weighted by Crippen LogP contribution is 2.34. The number of ether oxygens (including phenoxy) is 4. The molecule has 0 aliphatic rings. The van der Waals surface area contributed by atoms with Crippen molar-refractivity contribution in [2.24, 2.45) is 0 Å². The van der Waals surface area contributed by atoms with Gasteiger partial charge in [0.2, 0.25) is 0 Å². The minimum absolute atomic E-state index is 0.00192. The van der Waals surface area contributed by atoms with Crippen LogP contribution in [0.25, 0.3) is 0 Å². The Kier molecular flexibility index (Phi) is 6.46. The van der Waals surface area contributed by atoms with E-state index in [1.54, 1.807) is 37.3 Å². The fraction of sp³-hybridized carbons (Fsp3) is 0.278. The van der Waals surface area contributed by atoms with Crippen LogP contribution in [0.15, 0.2) is 48.5 Å². The number of carbonyl (C=O) groups is 1. The Morgan fingerprint density at radius 3 is 2.38 bits per heavy atom. The summed E-state index contributed by atoms with van der Waals surface area (Å²) >= 11 is 0. The summed E-state index contributed by atoms with van der Waals surface area (Å²) in [5, 5.41) is 0. The summed E-state index contributed by atoms with van der Waals surface area (Å²) in [7, 11) is 0. The molecule has 0 N–H and O–H groups in total. The first-order valence-electron chi connectivity index (χ1n) is 7.73. The second kappa shape index (κ2) is 8.57. The molecule has 2 aromatic carbocycles. The fourth-order valence-corrected chi connectivity index (χ4v) is 2.04. The van der Waals surface area contributed by atoms with Crippen LogP contribution in [0.1, 0.15) is 24.2 Å². The van der Waals surface area contributed by atoms with Crippen LogP contribution in [-0.4, -0.2) is 25.2 Å². The average Bonchev–Trinajstić information content (AvgIpc) is 2.56. The van der Waals surface area contributed by atoms with Gasteiger partial charge in [-0.3, -0.25) is 0 Å². The molecule has 0 spiro atoms. The van der Waals surface area contributed by atoms with E-state index in [9.17, 15) is 18.0 Å². The predicted molar refractivity (Wildman–Crippen MR) is 86.2 cm³/mol. The maximum Gasteiger partial charge on any atom is 0.573 e. The summed E-state index contributed by atoms with van der Waals surface area (Å²) in [4.78, 5) is 12.2. The van der Waals surface area contributed by atoms with Gasteiger partial charge in [0.05, 0.1) is 5.56 Å². The van der Waals surface area contributed by atoms with Gasteiger partial charge in [0.15, 0.2) is 17.8 Å². The van der Waals surface area contributed by atoms with Gasteiger partial charge in [0, 0.05) is 6.61 Å². The van der Waals surface area contributed by atoms with Crippen LogP contribution in [0, 0.1) is 0 Å². The average molecular weight is 370 g/mol. The lowest BCUT2D eigenvalue weighted by Crippen LogP contribution is -2.21. The van der Waals surface area contributed by atoms with Gasteiger partial charge in [0.25, 0.3) is 0 Å². The van der Waals surface area contributed by atoms with Crippen molar-refractivity contribution in [1.82, 2.24) is 0 Å². The number of hydrogen-bond acceptors (Lipinski definition) is 5. The van der Waals surface area contributed by atoms with Crippen LogP contribution in [-0.2, 0) is 4.74 Å². The lowest BCUT2D eigenvalue weighted by Gasteiger charge is -2.18. The topological polar surface area (TPSA) is 54.0 Å². The third kappa shape index (κ3) is 5.96. The number of alkyl halides is 3. The number of esters is 1. The molecule has 26 heavy (non-hydrogen) atoms. The number of rotatable bonds is 7. The van der Waals surface area contributed by atoms with Crippen molar-refractivity contribution < 1.29 is 36.9 Å². The van der Waals surface area contributed by atoms with Crippen LogP contribution in [0.3, 0.4) is 0 Å². The van der Waals surface area contributed by atoms with Gasteiger partial charge in [-0.2, -0.15) is 0 Å². The minimum Gasteiger partial charge on any atom is -0.461 e. The number of carbonyl (C=O) groups excluding carboxylic acids is 1. The number of para-hydroxylation sites is 1. The molecule has 0 aromatic heterocycles. The second-order valence-electron chi connectivity index (χ2n) is 5.05. The summed E-state index contributed by atoms with van der Waals surface area (Å²) in [6.45, 7) is 3.52. The monoisotopic (exact) mass is 370 g/mol. The smallest absolute Gasteiger partial charge is 0.461 e. The van der Waals surface area contributed by atoms with Crippen molar-refractivity contribution in [2.75, 3.05) is 6.61 Å². The highest BCUT2D eigenvalue weighted by atomic mass is 19.4. The van der Waals surface area contributed by atoms with E-state index in [0.29, 0.717) is 12.4 Å². The molecule has 8 heteroatoms. The van der Waals surface area contributed by atoms with Crippen LogP contribution >= 0.6 is 0 Å². The third-order valence-corrected chi connectivity index (χ3v) is 3.05. The van der Waals surface area contributed by atoms with Crippen molar-refractivity contribution in [3.05, 3.63) is 54.1 Å². The summed E-state index contributed by atoms with van der Waals surface area (Å²) < 4.78 is 57.2. The van der Waals surface area contributed by atoms with Crippen molar-refractivity contribution in [2.45, 2.75) is 26.5 Å². The Morgan fingerprint density at radius 2 is 1.77 bits per heavy atom. The maximum atomic E-state index is 12.6. The zero-order valence-corrected chi connectivity index (χ0v) is 14.1. The normalized spacial score (nSPS) is 12.3. The molecule has 0 saturated heterocycles. The van der Waals surface area contributed by atoms with Gasteiger partial charge in [-0.25, -0.2) is 4.79 Å². The fourth-order valence-electron chi connectivity index (χ4n) is 2.04. The largest absolute Gasteiger partial charge is 0.573 e. The van der Waals surface area contributed by atoms with E-state index >= 15 is 0 Å². The molecule has 0 amide bonds.